The number of aromatic nitrogens is 3. The van der Waals surface area contributed by atoms with Crippen molar-refractivity contribution in [1.82, 2.24) is 15.0 Å². The molecule has 0 saturated heterocycles. The van der Waals surface area contributed by atoms with Crippen molar-refractivity contribution in [3.63, 3.8) is 0 Å². The number of nitrogens with zero attached hydrogens (tertiary/aromatic N) is 3. The van der Waals surface area contributed by atoms with Crippen LogP contribution in [0.5, 0.6) is 6.01 Å². The summed E-state index contributed by atoms with van der Waals surface area (Å²) in [5.41, 5.74) is 6.04. The van der Waals surface area contributed by atoms with Crippen molar-refractivity contribution in [3.8, 4) is 6.01 Å². The molecule has 0 aliphatic rings. The number of para-hydroxylation sites is 1. The summed E-state index contributed by atoms with van der Waals surface area (Å²) in [5, 5.41) is 3.35. The topological polar surface area (TPSA) is 99.1 Å². The van der Waals surface area contributed by atoms with Gasteiger partial charge in [0, 0.05) is 0 Å². The molecule has 3 rings (SSSR count). The maximum Gasteiger partial charge on any atom is 0.322 e. The molecule has 0 amide bonds. The zero-order chi connectivity index (χ0) is 15.7. The second-order valence-corrected chi connectivity index (χ2v) is 4.65. The third kappa shape index (κ3) is 2.50. The Labute approximate surface area is 125 Å². The predicted octanol–water partition coefficient (Wildman–Crippen LogP) is 2.52. The summed E-state index contributed by atoms with van der Waals surface area (Å²) in [5.74, 6) is -0.0629. The van der Waals surface area contributed by atoms with Gasteiger partial charge in [-0.25, -0.2) is 4.39 Å². The Balaban J connectivity index is 1.91. The molecule has 0 spiro atoms. The number of nitrogens with one attached hydrogen (secondary N) is 1. The van der Waals surface area contributed by atoms with Gasteiger partial charge in [-0.1, -0.05) is 12.1 Å². The van der Waals surface area contributed by atoms with Crippen LogP contribution in [-0.2, 0) is 0 Å². The van der Waals surface area contributed by atoms with Gasteiger partial charge in [-0.05, 0) is 19.1 Å². The highest BCUT2D eigenvalue weighted by atomic mass is 19.1. The second-order valence-electron chi connectivity index (χ2n) is 4.65. The van der Waals surface area contributed by atoms with Gasteiger partial charge in [0.05, 0.1) is 18.5 Å². The minimum Gasteiger partial charge on any atom is -0.467 e. The highest BCUT2D eigenvalue weighted by molar-refractivity contribution is 5.78. The third-order valence-electron chi connectivity index (χ3n) is 3.11. The highest BCUT2D eigenvalue weighted by Crippen LogP contribution is 2.29. The van der Waals surface area contributed by atoms with E-state index in [0.717, 1.165) is 0 Å². The maximum absolute atomic E-state index is 14.4. The molecule has 7 nitrogen and oxygen atoms in total. The van der Waals surface area contributed by atoms with Crippen LogP contribution in [0.15, 0.2) is 28.7 Å². The highest BCUT2D eigenvalue weighted by Gasteiger charge is 2.20. The molecule has 0 saturated carbocycles. The number of hydrogen-bond acceptors (Lipinski definition) is 7. The maximum atomic E-state index is 14.4. The third-order valence-corrected chi connectivity index (χ3v) is 3.11. The van der Waals surface area contributed by atoms with Gasteiger partial charge in [-0.3, -0.25) is 0 Å². The van der Waals surface area contributed by atoms with Crippen molar-refractivity contribution in [2.75, 3.05) is 18.2 Å². The predicted molar refractivity (Wildman–Crippen MR) is 79.0 cm³/mol. The number of halogens is 1. The first-order chi connectivity index (χ1) is 10.6. The summed E-state index contributed by atoms with van der Waals surface area (Å²) in [6.45, 7) is 1.73. The Bertz CT molecular complexity index is 820. The van der Waals surface area contributed by atoms with Gasteiger partial charge in [-0.2, -0.15) is 15.0 Å². The number of methoxy groups -OCH3 is 1. The molecule has 22 heavy (non-hydrogen) atoms. The minimum atomic E-state index is -0.501. The quantitative estimate of drug-likeness (QED) is 0.764. The molecule has 1 atom stereocenters. The van der Waals surface area contributed by atoms with Crippen LogP contribution < -0.4 is 15.8 Å². The summed E-state index contributed by atoms with van der Waals surface area (Å²) in [4.78, 5) is 11.7. The lowest BCUT2D eigenvalue weighted by Crippen LogP contribution is -2.12. The number of ether oxygens (including phenoxy) is 1. The molecule has 0 bridgehead atoms. The molecule has 0 aliphatic heterocycles. The number of anilines is 2. The van der Waals surface area contributed by atoms with E-state index in [4.69, 9.17) is 14.9 Å². The van der Waals surface area contributed by atoms with Crippen LogP contribution in [-0.4, -0.2) is 22.1 Å². The van der Waals surface area contributed by atoms with Gasteiger partial charge < -0.3 is 20.2 Å². The molecule has 0 aliphatic carbocycles. The normalized spacial score (nSPS) is 12.3. The molecular formula is C14H14FN5O2. The van der Waals surface area contributed by atoms with Crippen LogP contribution in [0.25, 0.3) is 11.0 Å². The lowest BCUT2D eigenvalue weighted by molar-refractivity contribution is 0.379. The molecule has 0 fully saturated rings. The summed E-state index contributed by atoms with van der Waals surface area (Å²) in [6.07, 6.45) is 0. The van der Waals surface area contributed by atoms with Gasteiger partial charge in [0.25, 0.3) is 0 Å². The molecule has 3 aromatic rings. The van der Waals surface area contributed by atoms with E-state index < -0.39 is 11.9 Å². The molecule has 2 aromatic heterocycles. The molecule has 0 radical (unpaired) electrons. The number of rotatable bonds is 4. The SMILES string of the molecule is COc1nc(N)nc(NC(C)c2oc3ccccc3c2F)n1. The fourth-order valence-corrected chi connectivity index (χ4v) is 2.10. The van der Waals surface area contributed by atoms with Crippen LogP contribution in [0.2, 0.25) is 0 Å². The Morgan fingerprint density at radius 2 is 2.05 bits per heavy atom. The van der Waals surface area contributed by atoms with Crippen LogP contribution in [0.3, 0.4) is 0 Å². The van der Waals surface area contributed by atoms with Crippen LogP contribution in [0, 0.1) is 5.82 Å². The standard InChI is InChI=1S/C14H14FN5O2/c1-7(17-13-18-12(16)19-14(20-13)21-2)11-10(15)8-5-3-4-6-9(8)22-11/h3-7H,1-2H3,(H3,16,17,18,19,20). The molecule has 1 unspecified atom stereocenters. The van der Waals surface area contributed by atoms with Gasteiger partial charge in [-0.15, -0.1) is 0 Å². The average Bonchev–Trinajstić information content (AvgIpc) is 2.84. The van der Waals surface area contributed by atoms with E-state index in [-0.39, 0.29) is 23.7 Å². The van der Waals surface area contributed by atoms with Crippen molar-refractivity contribution < 1.29 is 13.5 Å². The average molecular weight is 303 g/mol. The number of benzene rings is 1. The first-order valence-electron chi connectivity index (χ1n) is 6.57. The molecule has 8 heteroatoms. The molecule has 1 aromatic carbocycles. The Hall–Kier alpha value is -2.90. The Morgan fingerprint density at radius 3 is 2.77 bits per heavy atom. The van der Waals surface area contributed by atoms with Crippen molar-refractivity contribution in [2.45, 2.75) is 13.0 Å². The fourth-order valence-electron chi connectivity index (χ4n) is 2.10. The molecule has 3 N–H and O–H groups in total. The zero-order valence-corrected chi connectivity index (χ0v) is 12.0. The van der Waals surface area contributed by atoms with E-state index >= 15 is 0 Å². The lowest BCUT2D eigenvalue weighted by atomic mass is 10.2. The lowest BCUT2D eigenvalue weighted by Gasteiger charge is -2.12. The zero-order valence-electron chi connectivity index (χ0n) is 12.0. The van der Waals surface area contributed by atoms with E-state index in [1.807, 2.05) is 0 Å². The minimum absolute atomic E-state index is 0.00614. The fraction of sp³-hybridized carbons (Fsp3) is 0.214. The number of fused-ring (bicyclic) bond motifs is 1. The van der Waals surface area contributed by atoms with E-state index in [1.54, 1.807) is 31.2 Å². The van der Waals surface area contributed by atoms with Gasteiger partial charge in [0.15, 0.2) is 11.6 Å². The van der Waals surface area contributed by atoms with Crippen molar-refractivity contribution in [2.24, 2.45) is 0 Å². The van der Waals surface area contributed by atoms with Crippen LogP contribution >= 0.6 is 0 Å². The Kier molecular flexibility index (Phi) is 3.50. The monoisotopic (exact) mass is 303 g/mol. The number of nitrogens with two attached hydrogens (primary N) is 1. The van der Waals surface area contributed by atoms with Crippen LogP contribution in [0.4, 0.5) is 16.3 Å². The summed E-state index contributed by atoms with van der Waals surface area (Å²) < 4.78 is 24.8. The van der Waals surface area contributed by atoms with Crippen molar-refractivity contribution in [1.29, 1.82) is 0 Å². The first-order valence-corrected chi connectivity index (χ1v) is 6.57. The van der Waals surface area contributed by atoms with Crippen molar-refractivity contribution in [3.05, 3.63) is 35.8 Å². The summed E-state index contributed by atoms with van der Waals surface area (Å²) in [7, 11) is 1.42. The molecular weight excluding hydrogens is 289 g/mol. The van der Waals surface area contributed by atoms with E-state index in [9.17, 15) is 4.39 Å². The summed E-state index contributed by atoms with van der Waals surface area (Å²) in [6, 6.07) is 6.48. The molecule has 2 heterocycles. The summed E-state index contributed by atoms with van der Waals surface area (Å²) >= 11 is 0. The number of nitrogen functional groups attached to an aromatic ring is 1. The molecule has 114 valence electrons. The largest absolute Gasteiger partial charge is 0.467 e. The van der Waals surface area contributed by atoms with Gasteiger partial charge >= 0.3 is 6.01 Å². The number of furan rings is 1. The van der Waals surface area contributed by atoms with E-state index in [0.29, 0.717) is 11.0 Å². The van der Waals surface area contributed by atoms with Crippen LogP contribution in [0.1, 0.15) is 18.7 Å². The second kappa shape index (κ2) is 5.47. The van der Waals surface area contributed by atoms with E-state index in [2.05, 4.69) is 20.3 Å². The van der Waals surface area contributed by atoms with Crippen molar-refractivity contribution >= 4 is 22.9 Å². The Morgan fingerprint density at radius 1 is 1.27 bits per heavy atom. The van der Waals surface area contributed by atoms with Gasteiger partial charge in [0.1, 0.15) is 5.58 Å². The van der Waals surface area contributed by atoms with Gasteiger partial charge in [0.2, 0.25) is 11.9 Å². The first kappa shape index (κ1) is 14.1. The smallest absolute Gasteiger partial charge is 0.322 e. The number of hydrogen-bond donors (Lipinski definition) is 2. The van der Waals surface area contributed by atoms with E-state index in [1.165, 1.54) is 7.11 Å².